The Hall–Kier alpha value is -2.91. The first-order valence-electron chi connectivity index (χ1n) is 10.2. The van der Waals surface area contributed by atoms with Crippen LogP contribution in [0.3, 0.4) is 0 Å². The van der Waals surface area contributed by atoms with E-state index in [2.05, 4.69) is 5.32 Å². The lowest BCUT2D eigenvalue weighted by Crippen LogP contribution is -2.48. The normalized spacial score (nSPS) is 17.0. The van der Waals surface area contributed by atoms with Gasteiger partial charge >= 0.3 is 5.97 Å². The van der Waals surface area contributed by atoms with Crippen molar-refractivity contribution < 1.29 is 27.5 Å². The molecule has 2 aromatic rings. The van der Waals surface area contributed by atoms with Gasteiger partial charge in [0.05, 0.1) is 11.5 Å². The number of esters is 1. The van der Waals surface area contributed by atoms with E-state index in [1.807, 2.05) is 6.92 Å². The number of amides is 1. The van der Waals surface area contributed by atoms with Crippen molar-refractivity contribution in [2.24, 2.45) is 0 Å². The third-order valence-electron chi connectivity index (χ3n) is 4.87. The Kier molecular flexibility index (Phi) is 7.64. The Labute approximate surface area is 182 Å². The molecule has 0 aromatic heterocycles. The number of ether oxygens (including phenoxy) is 2. The molecule has 0 saturated carbocycles. The monoisotopic (exact) mass is 446 g/mol. The highest BCUT2D eigenvalue weighted by molar-refractivity contribution is 7.89. The van der Waals surface area contributed by atoms with Crippen molar-refractivity contribution in [3.8, 4) is 5.75 Å². The fourth-order valence-corrected chi connectivity index (χ4v) is 5.06. The van der Waals surface area contributed by atoms with Gasteiger partial charge in [-0.15, -0.1) is 0 Å². The quantitative estimate of drug-likeness (QED) is 0.626. The highest BCUT2D eigenvalue weighted by atomic mass is 32.2. The van der Waals surface area contributed by atoms with E-state index in [4.69, 9.17) is 9.47 Å². The molecule has 8 nitrogen and oxygen atoms in total. The Morgan fingerprint density at radius 1 is 1.06 bits per heavy atom. The molecular weight excluding hydrogens is 420 g/mol. The lowest BCUT2D eigenvalue weighted by molar-refractivity contribution is -0.152. The van der Waals surface area contributed by atoms with E-state index in [0.29, 0.717) is 37.3 Å². The van der Waals surface area contributed by atoms with Crippen LogP contribution in [0.15, 0.2) is 59.5 Å². The van der Waals surface area contributed by atoms with Crippen LogP contribution in [0.1, 0.15) is 26.2 Å². The first-order valence-corrected chi connectivity index (χ1v) is 11.6. The summed E-state index contributed by atoms with van der Waals surface area (Å²) in [6.07, 6.45) is 1.72. The lowest BCUT2D eigenvalue weighted by atomic mass is 10.1. The number of carbonyl (C=O) groups is 2. The van der Waals surface area contributed by atoms with E-state index >= 15 is 0 Å². The van der Waals surface area contributed by atoms with Crippen LogP contribution >= 0.6 is 0 Å². The number of nitrogens with zero attached hydrogens (tertiary/aromatic N) is 1. The summed E-state index contributed by atoms with van der Waals surface area (Å²) in [6.45, 7) is 2.15. The Morgan fingerprint density at radius 3 is 2.45 bits per heavy atom. The maximum absolute atomic E-state index is 13.0. The van der Waals surface area contributed by atoms with Gasteiger partial charge < -0.3 is 14.8 Å². The predicted molar refractivity (Wildman–Crippen MR) is 115 cm³/mol. The maximum atomic E-state index is 13.0. The molecule has 1 amide bonds. The fraction of sp³-hybridized carbons (Fsp3) is 0.364. The number of sulfonamides is 1. The predicted octanol–water partition coefficient (Wildman–Crippen LogP) is 2.81. The molecule has 1 atom stereocenters. The fourth-order valence-electron chi connectivity index (χ4n) is 3.39. The lowest BCUT2D eigenvalue weighted by Gasteiger charge is -2.32. The van der Waals surface area contributed by atoms with Crippen molar-refractivity contribution in [2.75, 3.05) is 25.1 Å². The van der Waals surface area contributed by atoms with Gasteiger partial charge in [0.25, 0.3) is 5.91 Å². The molecular formula is C22H26N2O6S. The molecule has 1 N–H and O–H groups in total. The van der Waals surface area contributed by atoms with Gasteiger partial charge in [-0.05, 0) is 62.6 Å². The summed E-state index contributed by atoms with van der Waals surface area (Å²) >= 11 is 0. The van der Waals surface area contributed by atoms with Crippen molar-refractivity contribution in [1.82, 2.24) is 4.31 Å². The average Bonchev–Trinajstić information content (AvgIpc) is 2.79. The molecule has 9 heteroatoms. The topological polar surface area (TPSA) is 102 Å². The SMILES string of the molecule is CCOc1ccc(NC(=O)COC(=O)C2CCCCN2S(=O)(=O)c2ccccc2)cc1. The maximum Gasteiger partial charge on any atom is 0.324 e. The third-order valence-corrected chi connectivity index (χ3v) is 6.79. The summed E-state index contributed by atoms with van der Waals surface area (Å²) in [5.74, 6) is -0.546. The zero-order chi connectivity index (χ0) is 22.3. The summed E-state index contributed by atoms with van der Waals surface area (Å²) in [5, 5.41) is 2.63. The summed E-state index contributed by atoms with van der Waals surface area (Å²) in [6, 6.07) is 13.8. The average molecular weight is 447 g/mol. The Balaban J connectivity index is 1.59. The zero-order valence-electron chi connectivity index (χ0n) is 17.3. The molecule has 1 aliphatic rings. The number of benzene rings is 2. The summed E-state index contributed by atoms with van der Waals surface area (Å²) < 4.78 is 37.7. The van der Waals surface area contributed by atoms with Crippen molar-refractivity contribution >= 4 is 27.6 Å². The molecule has 1 heterocycles. The van der Waals surface area contributed by atoms with E-state index in [-0.39, 0.29) is 11.4 Å². The zero-order valence-corrected chi connectivity index (χ0v) is 18.1. The van der Waals surface area contributed by atoms with Crippen molar-refractivity contribution in [3.05, 3.63) is 54.6 Å². The number of carbonyl (C=O) groups excluding carboxylic acids is 2. The van der Waals surface area contributed by atoms with Crippen LogP contribution in [0.5, 0.6) is 5.75 Å². The highest BCUT2D eigenvalue weighted by Crippen LogP contribution is 2.26. The number of hydrogen-bond acceptors (Lipinski definition) is 6. The second-order valence-electron chi connectivity index (χ2n) is 7.05. The van der Waals surface area contributed by atoms with E-state index in [0.717, 1.165) is 0 Å². The molecule has 3 rings (SSSR count). The van der Waals surface area contributed by atoms with Gasteiger partial charge in [0.2, 0.25) is 10.0 Å². The first-order chi connectivity index (χ1) is 14.9. The van der Waals surface area contributed by atoms with Crippen LogP contribution in [-0.2, 0) is 24.3 Å². The van der Waals surface area contributed by atoms with Crippen LogP contribution in [0, 0.1) is 0 Å². The smallest absolute Gasteiger partial charge is 0.324 e. The molecule has 31 heavy (non-hydrogen) atoms. The molecule has 2 aromatic carbocycles. The minimum absolute atomic E-state index is 0.128. The Bertz CT molecular complexity index is 992. The molecule has 1 fully saturated rings. The minimum atomic E-state index is -3.83. The van der Waals surface area contributed by atoms with Gasteiger partial charge in [0.15, 0.2) is 6.61 Å². The molecule has 0 radical (unpaired) electrons. The Morgan fingerprint density at radius 2 is 1.77 bits per heavy atom. The molecule has 0 aliphatic carbocycles. The number of rotatable bonds is 8. The molecule has 0 spiro atoms. The van der Waals surface area contributed by atoms with Crippen LogP contribution in [0.25, 0.3) is 0 Å². The van der Waals surface area contributed by atoms with Crippen molar-refractivity contribution in [2.45, 2.75) is 37.1 Å². The number of nitrogens with one attached hydrogen (secondary N) is 1. The summed E-state index contributed by atoms with van der Waals surface area (Å²) in [7, 11) is -3.83. The van der Waals surface area contributed by atoms with Gasteiger partial charge in [-0.2, -0.15) is 4.31 Å². The van der Waals surface area contributed by atoms with Crippen LogP contribution in [-0.4, -0.2) is 50.4 Å². The van der Waals surface area contributed by atoms with Gasteiger partial charge in [0.1, 0.15) is 11.8 Å². The molecule has 0 bridgehead atoms. The van der Waals surface area contributed by atoms with Crippen molar-refractivity contribution in [3.63, 3.8) is 0 Å². The number of hydrogen-bond donors (Lipinski definition) is 1. The van der Waals surface area contributed by atoms with E-state index in [1.54, 1.807) is 42.5 Å². The van der Waals surface area contributed by atoms with E-state index in [1.165, 1.54) is 16.4 Å². The number of piperidine rings is 1. The van der Waals surface area contributed by atoms with Gasteiger partial charge in [-0.1, -0.05) is 18.2 Å². The van der Waals surface area contributed by atoms with Gasteiger partial charge in [0, 0.05) is 12.2 Å². The largest absolute Gasteiger partial charge is 0.494 e. The second-order valence-corrected chi connectivity index (χ2v) is 8.94. The molecule has 1 unspecified atom stereocenters. The van der Waals surface area contributed by atoms with Crippen LogP contribution in [0.4, 0.5) is 5.69 Å². The molecule has 1 aliphatic heterocycles. The van der Waals surface area contributed by atoms with Gasteiger partial charge in [-0.3, -0.25) is 9.59 Å². The molecule has 1 saturated heterocycles. The molecule has 166 valence electrons. The minimum Gasteiger partial charge on any atom is -0.494 e. The van der Waals surface area contributed by atoms with Crippen LogP contribution in [0.2, 0.25) is 0 Å². The highest BCUT2D eigenvalue weighted by Gasteiger charge is 2.38. The third kappa shape index (κ3) is 5.83. The summed E-state index contributed by atoms with van der Waals surface area (Å²) in [4.78, 5) is 24.9. The summed E-state index contributed by atoms with van der Waals surface area (Å²) in [5.41, 5.74) is 0.537. The van der Waals surface area contributed by atoms with Crippen molar-refractivity contribution in [1.29, 1.82) is 0 Å². The van der Waals surface area contributed by atoms with Crippen LogP contribution < -0.4 is 10.1 Å². The van der Waals surface area contributed by atoms with Gasteiger partial charge in [-0.25, -0.2) is 8.42 Å². The standard InChI is InChI=1S/C22H26N2O6S/c1-2-29-18-13-11-17(12-14-18)23-21(25)16-30-22(26)20-10-6-7-15-24(20)31(27,28)19-8-4-3-5-9-19/h3-5,8-9,11-14,20H,2,6-7,10,15-16H2,1H3,(H,23,25). The van der Waals surface area contributed by atoms with E-state index < -0.39 is 34.5 Å². The van der Waals surface area contributed by atoms with E-state index in [9.17, 15) is 18.0 Å². The first kappa shape index (κ1) is 22.8. The number of anilines is 1. The second kappa shape index (κ2) is 10.4.